The van der Waals surface area contributed by atoms with Crippen molar-refractivity contribution in [1.29, 1.82) is 5.26 Å². The Bertz CT molecular complexity index is 437. The molecule has 1 rings (SSSR count). The molecular weight excluding hydrogens is 218 g/mol. The largest absolute Gasteiger partial charge is 0.485 e. The van der Waals surface area contributed by atoms with Gasteiger partial charge in [0, 0.05) is 7.11 Å². The van der Waals surface area contributed by atoms with Crippen molar-refractivity contribution in [2.24, 2.45) is 0 Å². The lowest BCUT2D eigenvalue weighted by molar-refractivity contribution is -0.124. The van der Waals surface area contributed by atoms with Gasteiger partial charge in [0.05, 0.1) is 11.6 Å². The predicted molar refractivity (Wildman–Crippen MR) is 63.0 cm³/mol. The van der Waals surface area contributed by atoms with Gasteiger partial charge < -0.3 is 9.47 Å². The van der Waals surface area contributed by atoms with Gasteiger partial charge in [-0.1, -0.05) is 0 Å². The van der Waals surface area contributed by atoms with Crippen LogP contribution in [-0.4, -0.2) is 26.1 Å². The minimum absolute atomic E-state index is 0.0125. The highest BCUT2D eigenvalue weighted by Crippen LogP contribution is 2.24. The number of ketones is 1. The van der Waals surface area contributed by atoms with E-state index in [1.807, 2.05) is 13.8 Å². The zero-order chi connectivity index (χ0) is 12.8. The molecule has 0 amide bonds. The first-order valence-electron chi connectivity index (χ1n) is 5.23. The van der Waals surface area contributed by atoms with Crippen LogP contribution in [0.2, 0.25) is 0 Å². The monoisotopic (exact) mass is 233 g/mol. The van der Waals surface area contributed by atoms with Gasteiger partial charge in [-0.25, -0.2) is 0 Å². The first kappa shape index (κ1) is 13.2. The molecule has 0 N–H and O–H groups in total. The number of nitrogens with zero attached hydrogens (tertiary/aromatic N) is 1. The molecule has 0 unspecified atom stereocenters. The highest BCUT2D eigenvalue weighted by molar-refractivity contribution is 5.81. The van der Waals surface area contributed by atoms with Gasteiger partial charge in [-0.2, -0.15) is 5.26 Å². The molecule has 17 heavy (non-hydrogen) atoms. The summed E-state index contributed by atoms with van der Waals surface area (Å²) in [7, 11) is 1.47. The number of carbonyl (C=O) groups is 1. The van der Waals surface area contributed by atoms with E-state index in [4.69, 9.17) is 14.7 Å². The average Bonchev–Trinajstić information content (AvgIpc) is 2.28. The first-order chi connectivity index (χ1) is 8.08. The van der Waals surface area contributed by atoms with Crippen LogP contribution in [0.4, 0.5) is 0 Å². The van der Waals surface area contributed by atoms with Crippen LogP contribution in [0.15, 0.2) is 12.1 Å². The summed E-state index contributed by atoms with van der Waals surface area (Å²) in [5, 5.41) is 8.80. The topological polar surface area (TPSA) is 59.3 Å². The maximum atomic E-state index is 11.3. The second-order valence-corrected chi connectivity index (χ2v) is 3.81. The van der Waals surface area contributed by atoms with E-state index >= 15 is 0 Å². The van der Waals surface area contributed by atoms with Crippen molar-refractivity contribution in [2.45, 2.75) is 13.8 Å². The smallest absolute Gasteiger partial charge is 0.195 e. The second kappa shape index (κ2) is 6.02. The third-order valence-corrected chi connectivity index (χ3v) is 2.27. The molecule has 0 saturated carbocycles. The molecule has 90 valence electrons. The van der Waals surface area contributed by atoms with E-state index in [0.29, 0.717) is 11.3 Å². The Morgan fingerprint density at radius 1 is 1.29 bits per heavy atom. The standard InChI is InChI=1S/C13H15NO3/c1-9-4-11(6-14)5-10(2)13(9)17-8-12(15)7-16-3/h4-5H,7-8H2,1-3H3. The van der Waals surface area contributed by atoms with Crippen LogP contribution >= 0.6 is 0 Å². The van der Waals surface area contributed by atoms with Crippen molar-refractivity contribution in [1.82, 2.24) is 0 Å². The normalized spacial score (nSPS) is 9.76. The molecule has 1 aromatic carbocycles. The number of Topliss-reactive ketones (excluding diaryl/α,β-unsaturated/α-hetero) is 1. The highest BCUT2D eigenvalue weighted by atomic mass is 16.5. The Labute approximate surface area is 101 Å². The minimum Gasteiger partial charge on any atom is -0.485 e. The quantitative estimate of drug-likeness (QED) is 0.777. The van der Waals surface area contributed by atoms with Crippen LogP contribution in [0, 0.1) is 25.2 Å². The number of methoxy groups -OCH3 is 1. The summed E-state index contributed by atoms with van der Waals surface area (Å²) in [4.78, 5) is 11.3. The maximum absolute atomic E-state index is 11.3. The second-order valence-electron chi connectivity index (χ2n) is 3.81. The molecule has 0 fully saturated rings. The number of rotatable bonds is 5. The molecule has 0 heterocycles. The molecule has 0 aliphatic carbocycles. The lowest BCUT2D eigenvalue weighted by atomic mass is 10.1. The average molecular weight is 233 g/mol. The molecule has 4 heteroatoms. The summed E-state index contributed by atoms with van der Waals surface area (Å²) in [6.07, 6.45) is 0. The summed E-state index contributed by atoms with van der Waals surface area (Å²) in [6.45, 7) is 3.74. The highest BCUT2D eigenvalue weighted by Gasteiger charge is 2.08. The number of hydrogen-bond donors (Lipinski definition) is 0. The van der Waals surface area contributed by atoms with Crippen molar-refractivity contribution in [3.05, 3.63) is 28.8 Å². The Morgan fingerprint density at radius 3 is 2.35 bits per heavy atom. The summed E-state index contributed by atoms with van der Waals surface area (Å²) in [6, 6.07) is 5.56. The third-order valence-electron chi connectivity index (χ3n) is 2.27. The summed E-state index contributed by atoms with van der Waals surface area (Å²) >= 11 is 0. The molecular formula is C13H15NO3. The van der Waals surface area contributed by atoms with Gasteiger partial charge >= 0.3 is 0 Å². The number of nitriles is 1. The van der Waals surface area contributed by atoms with Gasteiger partial charge in [-0.15, -0.1) is 0 Å². The fraction of sp³-hybridized carbons (Fsp3) is 0.385. The van der Waals surface area contributed by atoms with Gasteiger partial charge in [-0.05, 0) is 37.1 Å². The van der Waals surface area contributed by atoms with Crippen molar-refractivity contribution in [3.8, 4) is 11.8 Å². The van der Waals surface area contributed by atoms with Gasteiger partial charge in [-0.3, -0.25) is 4.79 Å². The van der Waals surface area contributed by atoms with E-state index in [-0.39, 0.29) is 19.0 Å². The van der Waals surface area contributed by atoms with Gasteiger partial charge in [0.2, 0.25) is 0 Å². The van der Waals surface area contributed by atoms with Crippen LogP contribution in [-0.2, 0) is 9.53 Å². The van der Waals surface area contributed by atoms with Crippen LogP contribution in [0.1, 0.15) is 16.7 Å². The summed E-state index contributed by atoms with van der Waals surface area (Å²) in [5.74, 6) is 0.545. The zero-order valence-corrected chi connectivity index (χ0v) is 10.2. The summed E-state index contributed by atoms with van der Waals surface area (Å²) < 4.78 is 10.2. The van der Waals surface area contributed by atoms with E-state index < -0.39 is 0 Å². The number of hydrogen-bond acceptors (Lipinski definition) is 4. The molecule has 0 spiro atoms. The van der Waals surface area contributed by atoms with Crippen LogP contribution in [0.5, 0.6) is 5.75 Å². The Morgan fingerprint density at radius 2 is 1.88 bits per heavy atom. The van der Waals surface area contributed by atoms with Gasteiger partial charge in [0.25, 0.3) is 0 Å². The molecule has 0 aliphatic heterocycles. The number of carbonyl (C=O) groups excluding carboxylic acids is 1. The van der Waals surface area contributed by atoms with Crippen LogP contribution in [0.3, 0.4) is 0 Å². The van der Waals surface area contributed by atoms with Crippen molar-refractivity contribution < 1.29 is 14.3 Å². The SMILES string of the molecule is COCC(=O)COc1c(C)cc(C#N)cc1C. The van der Waals surface area contributed by atoms with E-state index in [1.165, 1.54) is 7.11 Å². The molecule has 0 bridgehead atoms. The van der Waals surface area contributed by atoms with Crippen LogP contribution in [0.25, 0.3) is 0 Å². The van der Waals surface area contributed by atoms with Crippen molar-refractivity contribution in [2.75, 3.05) is 20.3 Å². The Hall–Kier alpha value is -1.86. The van der Waals surface area contributed by atoms with E-state index in [1.54, 1.807) is 12.1 Å². The zero-order valence-electron chi connectivity index (χ0n) is 10.2. The molecule has 0 atom stereocenters. The minimum atomic E-state index is -0.115. The molecule has 0 aromatic heterocycles. The lowest BCUT2D eigenvalue weighted by Gasteiger charge is -2.11. The fourth-order valence-electron chi connectivity index (χ4n) is 1.60. The molecule has 0 radical (unpaired) electrons. The lowest BCUT2D eigenvalue weighted by Crippen LogP contribution is -2.17. The van der Waals surface area contributed by atoms with Gasteiger partial charge in [0.1, 0.15) is 19.0 Å². The number of aryl methyl sites for hydroxylation is 2. The third kappa shape index (κ3) is 3.58. The Balaban J connectivity index is 2.79. The molecule has 0 saturated heterocycles. The first-order valence-corrected chi connectivity index (χ1v) is 5.23. The van der Waals surface area contributed by atoms with Crippen molar-refractivity contribution >= 4 is 5.78 Å². The summed E-state index contributed by atoms with van der Waals surface area (Å²) in [5.41, 5.74) is 2.30. The molecule has 1 aromatic rings. The van der Waals surface area contributed by atoms with Crippen LogP contribution < -0.4 is 4.74 Å². The molecule has 0 aliphatic rings. The Kier molecular flexibility index (Phi) is 4.68. The van der Waals surface area contributed by atoms with Crippen molar-refractivity contribution in [3.63, 3.8) is 0 Å². The maximum Gasteiger partial charge on any atom is 0.195 e. The number of ether oxygens (including phenoxy) is 2. The number of benzene rings is 1. The van der Waals surface area contributed by atoms with E-state index in [9.17, 15) is 4.79 Å². The van der Waals surface area contributed by atoms with Gasteiger partial charge in [0.15, 0.2) is 5.78 Å². The van der Waals surface area contributed by atoms with E-state index in [0.717, 1.165) is 11.1 Å². The van der Waals surface area contributed by atoms with E-state index in [2.05, 4.69) is 6.07 Å². The molecule has 4 nitrogen and oxygen atoms in total. The predicted octanol–water partition coefficient (Wildman–Crippen LogP) is 1.77. The fourth-order valence-corrected chi connectivity index (χ4v) is 1.60.